The van der Waals surface area contributed by atoms with Gasteiger partial charge in [-0.25, -0.2) is 37.7 Å². The third-order valence-corrected chi connectivity index (χ3v) is 8.12. The highest BCUT2D eigenvalue weighted by molar-refractivity contribution is 5.82. The standard InChI is InChI=1S/C19H17N5O2.C16H14N6O/c1-12(25)10-13-6-2-3-7-14(13)11-23-19(26)24-16-9-5-4-8-15(16)21-17(20)18(24)22-23;17-11-6-2-1-5-10(11)9-21-16(23)22-13-8-4-3-7-12(13)19-14(18)15(22)20-21/h2-9H,10-11H2,1H3,(H2,20,21);1-8H,9,17H2,(H2,18,19). The van der Waals surface area contributed by atoms with Crippen LogP contribution in [0.25, 0.3) is 33.4 Å². The summed E-state index contributed by atoms with van der Waals surface area (Å²) in [5.41, 5.74) is 23.9. The molecule has 244 valence electrons. The lowest BCUT2D eigenvalue weighted by Gasteiger charge is -2.07. The maximum Gasteiger partial charge on any atom is 0.351 e. The van der Waals surface area contributed by atoms with E-state index in [2.05, 4.69) is 20.2 Å². The van der Waals surface area contributed by atoms with E-state index < -0.39 is 0 Å². The Morgan fingerprint density at radius 2 is 1.02 bits per heavy atom. The molecule has 14 heteroatoms. The van der Waals surface area contributed by atoms with Crippen molar-refractivity contribution in [3.05, 3.63) is 135 Å². The number of rotatable bonds is 6. The number of nitrogen functional groups attached to an aromatic ring is 3. The first-order valence-electron chi connectivity index (χ1n) is 15.4. The normalized spacial score (nSPS) is 11.3. The predicted molar refractivity (Wildman–Crippen MR) is 188 cm³/mol. The minimum absolute atomic E-state index is 0.0687. The summed E-state index contributed by atoms with van der Waals surface area (Å²) in [4.78, 5) is 45.8. The molecule has 0 saturated heterocycles. The molecule has 0 amide bonds. The van der Waals surface area contributed by atoms with Gasteiger partial charge in [0, 0.05) is 12.1 Å². The van der Waals surface area contributed by atoms with Crippen molar-refractivity contribution in [2.45, 2.75) is 26.4 Å². The van der Waals surface area contributed by atoms with Crippen LogP contribution in [0.3, 0.4) is 0 Å². The summed E-state index contributed by atoms with van der Waals surface area (Å²) < 4.78 is 5.67. The molecule has 0 saturated carbocycles. The molecule has 4 aromatic heterocycles. The van der Waals surface area contributed by atoms with Crippen LogP contribution in [0.2, 0.25) is 0 Å². The second-order valence-corrected chi connectivity index (χ2v) is 11.5. The number of para-hydroxylation sites is 5. The Hall–Kier alpha value is -6.83. The Morgan fingerprint density at radius 1 is 0.592 bits per heavy atom. The van der Waals surface area contributed by atoms with Gasteiger partial charge in [0.05, 0.1) is 35.2 Å². The Kier molecular flexibility index (Phi) is 7.80. The summed E-state index contributed by atoms with van der Waals surface area (Å²) in [6, 6.07) is 29.5. The molecule has 0 aliphatic heterocycles. The van der Waals surface area contributed by atoms with Crippen LogP contribution >= 0.6 is 0 Å². The molecule has 0 radical (unpaired) electrons. The van der Waals surface area contributed by atoms with Crippen LogP contribution in [0.5, 0.6) is 0 Å². The molecular formula is C35H31N11O3. The van der Waals surface area contributed by atoms with E-state index in [9.17, 15) is 14.4 Å². The summed E-state index contributed by atoms with van der Waals surface area (Å²) in [5, 5.41) is 8.69. The van der Waals surface area contributed by atoms with Crippen LogP contribution in [0, 0.1) is 0 Å². The van der Waals surface area contributed by atoms with Gasteiger partial charge in [-0.05, 0) is 53.9 Å². The topological polar surface area (TPSA) is 200 Å². The fraction of sp³-hybridized carbons (Fsp3) is 0.114. The highest BCUT2D eigenvalue weighted by Crippen LogP contribution is 2.19. The average molecular weight is 654 g/mol. The fourth-order valence-corrected chi connectivity index (χ4v) is 5.80. The molecular weight excluding hydrogens is 622 g/mol. The van der Waals surface area contributed by atoms with Crippen LogP contribution in [0.1, 0.15) is 23.6 Å². The minimum Gasteiger partial charge on any atom is -0.398 e. The summed E-state index contributed by atoms with van der Waals surface area (Å²) in [6.45, 7) is 2.09. The van der Waals surface area contributed by atoms with Crippen molar-refractivity contribution in [1.29, 1.82) is 0 Å². The zero-order chi connectivity index (χ0) is 34.2. The van der Waals surface area contributed by atoms with E-state index in [-0.39, 0.29) is 41.9 Å². The number of Topliss-reactive ketones (excluding diaryl/α,β-unsaturated/α-hetero) is 1. The number of aromatic nitrogens is 8. The molecule has 0 aliphatic carbocycles. The maximum absolute atomic E-state index is 12.9. The first-order valence-corrected chi connectivity index (χ1v) is 15.4. The van der Waals surface area contributed by atoms with Crippen molar-refractivity contribution in [3.8, 4) is 0 Å². The third kappa shape index (κ3) is 5.71. The van der Waals surface area contributed by atoms with Gasteiger partial charge >= 0.3 is 11.4 Å². The van der Waals surface area contributed by atoms with Gasteiger partial charge in [-0.1, -0.05) is 66.7 Å². The van der Waals surface area contributed by atoms with Crippen molar-refractivity contribution in [1.82, 2.24) is 38.3 Å². The Balaban J connectivity index is 0.000000155. The van der Waals surface area contributed by atoms with E-state index in [1.807, 2.05) is 84.9 Å². The Labute approximate surface area is 277 Å². The molecule has 49 heavy (non-hydrogen) atoms. The highest BCUT2D eigenvalue weighted by atomic mass is 16.2. The van der Waals surface area contributed by atoms with Crippen molar-refractivity contribution in [2.75, 3.05) is 17.2 Å². The van der Waals surface area contributed by atoms with Gasteiger partial charge in [-0.15, -0.1) is 10.2 Å². The number of hydrogen-bond acceptors (Lipinski definition) is 10. The largest absolute Gasteiger partial charge is 0.398 e. The van der Waals surface area contributed by atoms with Crippen LogP contribution in [0.4, 0.5) is 17.3 Å². The molecule has 8 aromatic rings. The number of carbonyl (C=O) groups is 1. The summed E-state index contributed by atoms with van der Waals surface area (Å²) in [7, 11) is 0. The van der Waals surface area contributed by atoms with Gasteiger partial charge in [-0.2, -0.15) is 0 Å². The van der Waals surface area contributed by atoms with E-state index in [4.69, 9.17) is 17.2 Å². The van der Waals surface area contributed by atoms with E-state index >= 15 is 0 Å². The number of fused-ring (bicyclic) bond motifs is 6. The van der Waals surface area contributed by atoms with Crippen molar-refractivity contribution >= 4 is 56.5 Å². The lowest BCUT2D eigenvalue weighted by atomic mass is 10.0. The molecule has 0 unspecified atom stereocenters. The Bertz CT molecular complexity index is 2670. The van der Waals surface area contributed by atoms with Gasteiger partial charge in [0.15, 0.2) is 11.6 Å². The molecule has 0 atom stereocenters. The summed E-state index contributed by atoms with van der Waals surface area (Å²) in [6.07, 6.45) is 0.324. The van der Waals surface area contributed by atoms with E-state index in [1.54, 1.807) is 19.1 Å². The Morgan fingerprint density at radius 3 is 1.53 bits per heavy atom. The van der Waals surface area contributed by atoms with Gasteiger partial charge in [0.2, 0.25) is 11.3 Å². The highest BCUT2D eigenvalue weighted by Gasteiger charge is 2.17. The SMILES string of the molecule is CC(=O)Cc1ccccc1Cn1nc2c(N)nc3ccccc3n2c1=O.Nc1ccccc1Cn1nc2c(N)nc3ccccc3n2c1=O. The zero-order valence-corrected chi connectivity index (χ0v) is 26.4. The number of hydrogen-bond donors (Lipinski definition) is 3. The van der Waals surface area contributed by atoms with E-state index in [1.165, 1.54) is 18.2 Å². The molecule has 4 heterocycles. The minimum atomic E-state index is -0.289. The monoisotopic (exact) mass is 653 g/mol. The maximum atomic E-state index is 12.9. The number of nitrogens with zero attached hydrogens (tertiary/aromatic N) is 8. The van der Waals surface area contributed by atoms with Crippen molar-refractivity contribution in [2.24, 2.45) is 0 Å². The first-order chi connectivity index (χ1) is 23.7. The molecule has 0 fully saturated rings. The number of benzene rings is 4. The van der Waals surface area contributed by atoms with Gasteiger partial charge < -0.3 is 17.2 Å². The second kappa shape index (κ2) is 12.4. The number of nitrogens with two attached hydrogens (primary N) is 3. The van der Waals surface area contributed by atoms with Gasteiger partial charge in [0.1, 0.15) is 5.78 Å². The molecule has 0 spiro atoms. The smallest absolute Gasteiger partial charge is 0.351 e. The lowest BCUT2D eigenvalue weighted by molar-refractivity contribution is -0.116. The number of carbonyl (C=O) groups excluding carboxylic acids is 1. The summed E-state index contributed by atoms with van der Waals surface area (Å²) in [5.74, 6) is 0.497. The number of ketones is 1. The molecule has 0 aliphatic rings. The lowest BCUT2D eigenvalue weighted by Crippen LogP contribution is -2.23. The molecule has 8 rings (SSSR count). The average Bonchev–Trinajstić information content (AvgIpc) is 3.60. The van der Waals surface area contributed by atoms with Crippen LogP contribution in [-0.2, 0) is 24.3 Å². The van der Waals surface area contributed by atoms with Gasteiger partial charge in [-0.3, -0.25) is 4.79 Å². The molecule has 6 N–H and O–H groups in total. The predicted octanol–water partition coefficient (Wildman–Crippen LogP) is 3.06. The number of anilines is 3. The third-order valence-electron chi connectivity index (χ3n) is 8.12. The van der Waals surface area contributed by atoms with E-state index in [0.29, 0.717) is 45.5 Å². The van der Waals surface area contributed by atoms with Gasteiger partial charge in [0.25, 0.3) is 0 Å². The van der Waals surface area contributed by atoms with Crippen LogP contribution in [0.15, 0.2) is 107 Å². The molecule has 0 bridgehead atoms. The second-order valence-electron chi connectivity index (χ2n) is 11.5. The quantitative estimate of drug-likeness (QED) is 0.224. The van der Waals surface area contributed by atoms with Crippen molar-refractivity contribution < 1.29 is 4.79 Å². The molecule has 4 aromatic carbocycles. The van der Waals surface area contributed by atoms with Crippen LogP contribution in [-0.4, -0.2) is 44.1 Å². The summed E-state index contributed by atoms with van der Waals surface area (Å²) >= 11 is 0. The first kappa shape index (κ1) is 30.8. The van der Waals surface area contributed by atoms with Crippen molar-refractivity contribution in [3.63, 3.8) is 0 Å². The fourth-order valence-electron chi connectivity index (χ4n) is 5.80. The molecule has 14 nitrogen and oxygen atoms in total. The van der Waals surface area contributed by atoms with Crippen LogP contribution < -0.4 is 28.6 Å². The van der Waals surface area contributed by atoms with E-state index in [0.717, 1.165) is 16.7 Å². The zero-order valence-electron chi connectivity index (χ0n) is 26.4.